The molecule has 0 spiro atoms. The number of nitrogens with zero attached hydrogens (tertiary/aromatic N) is 1. The normalized spacial score (nSPS) is 13.8. The number of allylic oxidation sites excluding steroid dienone is 9. The number of aliphatic hydroxyl groups excluding tert-OH is 1. The van der Waals surface area contributed by atoms with Crippen molar-refractivity contribution in [1.29, 1.82) is 0 Å². The first-order valence-corrected chi connectivity index (χ1v) is 41.2. The number of phosphoric ester groups is 1. The third-order valence-electron chi connectivity index (χ3n) is 18.2. The van der Waals surface area contributed by atoms with Gasteiger partial charge in [-0.05, 0) is 70.6 Å². The summed E-state index contributed by atoms with van der Waals surface area (Å²) in [5.41, 5.74) is 0. The minimum Gasteiger partial charge on any atom is -0.387 e. The average Bonchev–Trinajstić information content (AvgIpc) is 3.72. The molecule has 8 nitrogen and oxygen atoms in total. The van der Waals surface area contributed by atoms with Gasteiger partial charge in [-0.2, -0.15) is 0 Å². The zero-order chi connectivity index (χ0) is 65.5. The fourth-order valence-corrected chi connectivity index (χ4v) is 12.8. The second-order valence-corrected chi connectivity index (χ2v) is 29.9. The van der Waals surface area contributed by atoms with Gasteiger partial charge in [0.2, 0.25) is 5.91 Å². The number of unbranched alkanes of at least 4 members (excludes halogenated alkanes) is 53. The van der Waals surface area contributed by atoms with Gasteiger partial charge in [0.1, 0.15) is 13.2 Å². The zero-order valence-corrected chi connectivity index (χ0v) is 61.8. The highest BCUT2D eigenvalue weighted by Gasteiger charge is 2.28. The quantitative estimate of drug-likeness (QED) is 0.0243. The Morgan fingerprint density at radius 1 is 0.378 bits per heavy atom. The molecule has 0 heterocycles. The number of aliphatic hydroxyl groups is 1. The van der Waals surface area contributed by atoms with Gasteiger partial charge in [0.05, 0.1) is 39.9 Å². The van der Waals surface area contributed by atoms with Crippen molar-refractivity contribution in [1.82, 2.24) is 5.32 Å². The number of quaternary nitrogens is 1. The molecule has 0 saturated carbocycles. The predicted molar refractivity (Wildman–Crippen MR) is 397 cm³/mol. The highest BCUT2D eigenvalue weighted by atomic mass is 31.2. The second-order valence-electron chi connectivity index (χ2n) is 28.4. The van der Waals surface area contributed by atoms with E-state index in [-0.39, 0.29) is 19.1 Å². The van der Waals surface area contributed by atoms with Crippen LogP contribution in [0, 0.1) is 0 Å². The topological polar surface area (TPSA) is 105 Å². The van der Waals surface area contributed by atoms with E-state index in [1.807, 2.05) is 27.2 Å². The molecule has 9 heteroatoms. The molecule has 90 heavy (non-hydrogen) atoms. The van der Waals surface area contributed by atoms with Crippen molar-refractivity contribution in [2.24, 2.45) is 0 Å². The van der Waals surface area contributed by atoms with Crippen LogP contribution in [0.5, 0.6) is 0 Å². The Morgan fingerprint density at radius 2 is 0.644 bits per heavy atom. The van der Waals surface area contributed by atoms with E-state index in [2.05, 4.69) is 67.8 Å². The van der Waals surface area contributed by atoms with Crippen LogP contribution in [-0.4, -0.2) is 73.4 Å². The number of nitrogens with one attached hydrogen (secondary N) is 1. The molecule has 0 bridgehead atoms. The molecule has 0 aromatic rings. The third kappa shape index (κ3) is 73.6. The molecule has 0 aliphatic carbocycles. The van der Waals surface area contributed by atoms with Crippen LogP contribution in [0.25, 0.3) is 0 Å². The molecular weight excluding hydrogens is 1130 g/mol. The summed E-state index contributed by atoms with van der Waals surface area (Å²) >= 11 is 0. The largest absolute Gasteiger partial charge is 0.472 e. The monoisotopic (exact) mass is 1280 g/mol. The lowest BCUT2D eigenvalue weighted by Crippen LogP contribution is -2.45. The Bertz CT molecular complexity index is 1650. The summed E-state index contributed by atoms with van der Waals surface area (Å²) in [6, 6.07) is -0.865. The number of likely N-dealkylation sites (N-methyl/N-ethyl adjacent to an activating group) is 1. The summed E-state index contributed by atoms with van der Waals surface area (Å²) in [7, 11) is 1.57. The summed E-state index contributed by atoms with van der Waals surface area (Å²) in [5.74, 6) is -0.179. The van der Waals surface area contributed by atoms with Crippen molar-refractivity contribution in [2.75, 3.05) is 40.9 Å². The van der Waals surface area contributed by atoms with Gasteiger partial charge in [0.15, 0.2) is 0 Å². The summed E-state index contributed by atoms with van der Waals surface area (Å²) in [6.07, 6.45) is 99.9. The summed E-state index contributed by atoms with van der Waals surface area (Å²) in [6.45, 7) is 4.84. The van der Waals surface area contributed by atoms with Gasteiger partial charge in [0.25, 0.3) is 0 Å². The fourth-order valence-electron chi connectivity index (χ4n) is 12.1. The van der Waals surface area contributed by atoms with Crippen LogP contribution in [0.1, 0.15) is 399 Å². The van der Waals surface area contributed by atoms with E-state index in [1.54, 1.807) is 6.08 Å². The standard InChI is InChI=1S/C81H155N2O6P/c1-6-8-10-12-14-16-18-20-22-24-26-28-30-32-34-36-37-38-39-40-41-42-43-44-45-47-49-51-53-55-57-59-61-63-65-67-69-71-73-75-81(85)82-79(78-89-90(86,87)88-77-76-83(3,4)5)80(84)74-72-70-68-66-64-62-60-58-56-54-52-50-48-46-35-33-31-29-27-25-23-21-19-17-15-13-11-9-7-2/h18,20,24,26,30,32,64,66,72,74,79-80,84H,6-17,19,21-23,25,27-29,31,33-63,65,67-71,73,75-78H2,1-5H3,(H-,82,85,86,87)/p+1/b20-18-,26-24-,32-30-,66-64+,74-72+. The first-order chi connectivity index (χ1) is 44.0. The molecule has 0 aromatic carbocycles. The number of amides is 1. The Labute approximate surface area is 562 Å². The first-order valence-electron chi connectivity index (χ1n) is 39.7. The highest BCUT2D eigenvalue weighted by molar-refractivity contribution is 7.47. The molecule has 0 radical (unpaired) electrons. The maximum absolute atomic E-state index is 13.1. The highest BCUT2D eigenvalue weighted by Crippen LogP contribution is 2.43. The van der Waals surface area contributed by atoms with Crippen molar-refractivity contribution in [3.63, 3.8) is 0 Å². The molecule has 0 rings (SSSR count). The molecule has 3 unspecified atom stereocenters. The van der Waals surface area contributed by atoms with Gasteiger partial charge in [-0.1, -0.05) is 383 Å². The van der Waals surface area contributed by atoms with Crippen LogP contribution in [0.3, 0.4) is 0 Å². The minimum atomic E-state index is -4.37. The van der Waals surface area contributed by atoms with E-state index in [1.165, 1.54) is 327 Å². The fraction of sp³-hybridized carbons (Fsp3) is 0.864. The SMILES string of the molecule is CCCCCCC/C=C\C/C=C\C/C=C\CCCCCCCCCCCCCCCCCCCCCCCCCCC(=O)NC(COP(=O)(O)OCC[N+](C)(C)C)C(O)/C=C/CC/C=C/CCCCCCCCCCCCCCCCCCCCCCCCC. The summed E-state index contributed by atoms with van der Waals surface area (Å²) in [5, 5.41) is 14.0. The van der Waals surface area contributed by atoms with E-state index < -0.39 is 20.0 Å². The number of rotatable bonds is 74. The Balaban J connectivity index is 3.97. The van der Waals surface area contributed by atoms with Crippen molar-refractivity contribution in [2.45, 2.75) is 411 Å². The predicted octanol–water partition coefficient (Wildman–Crippen LogP) is 25.9. The van der Waals surface area contributed by atoms with E-state index in [9.17, 15) is 19.4 Å². The van der Waals surface area contributed by atoms with Gasteiger partial charge in [-0.3, -0.25) is 13.8 Å². The van der Waals surface area contributed by atoms with Crippen molar-refractivity contribution >= 4 is 13.7 Å². The molecule has 0 fully saturated rings. The van der Waals surface area contributed by atoms with Crippen molar-refractivity contribution in [3.05, 3.63) is 60.8 Å². The summed E-state index contributed by atoms with van der Waals surface area (Å²) < 4.78 is 23.9. The number of carbonyl (C=O) groups excluding carboxylic acids is 1. The number of hydrogen-bond donors (Lipinski definition) is 3. The minimum absolute atomic E-state index is 0.0572. The maximum atomic E-state index is 13.1. The number of hydrogen-bond acceptors (Lipinski definition) is 5. The van der Waals surface area contributed by atoms with E-state index >= 15 is 0 Å². The maximum Gasteiger partial charge on any atom is 0.472 e. The number of carbonyl (C=O) groups is 1. The van der Waals surface area contributed by atoms with Crippen LogP contribution >= 0.6 is 7.82 Å². The molecule has 3 N–H and O–H groups in total. The van der Waals surface area contributed by atoms with Gasteiger partial charge in [-0.15, -0.1) is 0 Å². The Morgan fingerprint density at radius 3 is 0.967 bits per heavy atom. The Hall–Kier alpha value is -1.80. The lowest BCUT2D eigenvalue weighted by atomic mass is 10.0. The van der Waals surface area contributed by atoms with Crippen molar-refractivity contribution in [3.8, 4) is 0 Å². The van der Waals surface area contributed by atoms with E-state index in [0.29, 0.717) is 17.4 Å². The molecule has 0 saturated heterocycles. The van der Waals surface area contributed by atoms with Gasteiger partial charge >= 0.3 is 7.82 Å². The molecule has 1 amide bonds. The molecule has 530 valence electrons. The third-order valence-corrected chi connectivity index (χ3v) is 19.2. The molecule has 0 aliphatic heterocycles. The van der Waals surface area contributed by atoms with Crippen LogP contribution in [0.4, 0.5) is 0 Å². The zero-order valence-electron chi connectivity index (χ0n) is 60.9. The van der Waals surface area contributed by atoms with Gasteiger partial charge < -0.3 is 19.8 Å². The Kier molecular flexibility index (Phi) is 70.1. The van der Waals surface area contributed by atoms with Crippen LogP contribution < -0.4 is 5.32 Å². The van der Waals surface area contributed by atoms with Crippen LogP contribution in [0.2, 0.25) is 0 Å². The van der Waals surface area contributed by atoms with Gasteiger partial charge in [0, 0.05) is 6.42 Å². The lowest BCUT2D eigenvalue weighted by Gasteiger charge is -2.25. The van der Waals surface area contributed by atoms with Crippen LogP contribution in [-0.2, 0) is 18.4 Å². The molecule has 0 aliphatic rings. The van der Waals surface area contributed by atoms with E-state index in [4.69, 9.17) is 9.05 Å². The smallest absolute Gasteiger partial charge is 0.387 e. The van der Waals surface area contributed by atoms with Crippen LogP contribution in [0.15, 0.2) is 60.8 Å². The van der Waals surface area contributed by atoms with Crippen molar-refractivity contribution < 1.29 is 32.9 Å². The molecule has 3 atom stereocenters. The first kappa shape index (κ1) is 88.2. The molecular formula is C81H156N2O6P+. The lowest BCUT2D eigenvalue weighted by molar-refractivity contribution is -0.870. The average molecular weight is 1290 g/mol. The second kappa shape index (κ2) is 71.5. The number of phosphoric acid groups is 1. The molecule has 0 aromatic heterocycles. The van der Waals surface area contributed by atoms with Gasteiger partial charge in [-0.25, -0.2) is 4.57 Å². The van der Waals surface area contributed by atoms with E-state index in [0.717, 1.165) is 51.4 Å². The summed E-state index contributed by atoms with van der Waals surface area (Å²) in [4.78, 5) is 23.5.